The Morgan fingerprint density at radius 3 is 2.78 bits per heavy atom. The van der Waals surface area contributed by atoms with Crippen molar-refractivity contribution in [3.8, 4) is 0 Å². The molecule has 1 aliphatic heterocycles. The Morgan fingerprint density at radius 1 is 1.50 bits per heavy atom. The molecule has 0 aromatic carbocycles. The highest BCUT2D eigenvalue weighted by atomic mass is 16.5. The molecule has 104 valence electrons. The van der Waals surface area contributed by atoms with Gasteiger partial charge in [0.25, 0.3) is 0 Å². The first kappa shape index (κ1) is 13.8. The third kappa shape index (κ3) is 2.16. The zero-order valence-electron chi connectivity index (χ0n) is 12.0. The lowest BCUT2D eigenvalue weighted by Gasteiger charge is -2.54. The molecule has 18 heavy (non-hydrogen) atoms. The molecule has 0 aromatic heterocycles. The van der Waals surface area contributed by atoms with Gasteiger partial charge in [-0.3, -0.25) is 10.1 Å². The predicted octanol–water partition coefficient (Wildman–Crippen LogP) is 1.75. The minimum atomic E-state index is 0.0438. The third-order valence-corrected chi connectivity index (χ3v) is 4.72. The number of ether oxygens (including phenoxy) is 1. The molecule has 3 unspecified atom stereocenters. The topological polar surface area (TPSA) is 41.6 Å². The standard InChI is InChI=1S/C14H26N2O2/c1-5-6-7-10-13(17)16(9-15-10)11-8-12(18-4)14(11,2)3/h10-12,15H,5-9H2,1-4H3. The van der Waals surface area contributed by atoms with Crippen molar-refractivity contribution in [2.24, 2.45) is 5.41 Å². The van der Waals surface area contributed by atoms with Crippen LogP contribution in [0.25, 0.3) is 0 Å². The predicted molar refractivity (Wildman–Crippen MR) is 71.1 cm³/mol. The summed E-state index contributed by atoms with van der Waals surface area (Å²) in [7, 11) is 1.76. The number of hydrogen-bond acceptors (Lipinski definition) is 3. The van der Waals surface area contributed by atoms with Crippen LogP contribution in [0, 0.1) is 5.41 Å². The van der Waals surface area contributed by atoms with Gasteiger partial charge in [0, 0.05) is 18.6 Å². The van der Waals surface area contributed by atoms with E-state index in [9.17, 15) is 4.79 Å². The van der Waals surface area contributed by atoms with E-state index >= 15 is 0 Å². The molecule has 1 saturated carbocycles. The van der Waals surface area contributed by atoms with Crippen molar-refractivity contribution in [1.29, 1.82) is 0 Å². The molecular formula is C14H26N2O2. The molecule has 2 aliphatic rings. The fraction of sp³-hybridized carbons (Fsp3) is 0.929. The van der Waals surface area contributed by atoms with E-state index < -0.39 is 0 Å². The van der Waals surface area contributed by atoms with Crippen LogP contribution in [0.3, 0.4) is 0 Å². The molecule has 1 heterocycles. The van der Waals surface area contributed by atoms with Gasteiger partial charge in [-0.05, 0) is 12.8 Å². The van der Waals surface area contributed by atoms with E-state index in [-0.39, 0.29) is 23.5 Å². The SMILES string of the molecule is CCCCC1NCN(C2CC(OC)C2(C)C)C1=O. The zero-order chi connectivity index (χ0) is 13.3. The summed E-state index contributed by atoms with van der Waals surface area (Å²) in [6.07, 6.45) is 4.48. The Bertz CT molecular complexity index is 317. The normalized spacial score (nSPS) is 34.8. The molecule has 2 fully saturated rings. The summed E-state index contributed by atoms with van der Waals surface area (Å²) in [5, 5.41) is 3.35. The van der Waals surface area contributed by atoms with Gasteiger partial charge in [-0.25, -0.2) is 0 Å². The lowest BCUT2D eigenvalue weighted by Crippen LogP contribution is -2.62. The van der Waals surface area contributed by atoms with Crippen molar-refractivity contribution < 1.29 is 9.53 Å². The highest BCUT2D eigenvalue weighted by molar-refractivity contribution is 5.84. The third-order valence-electron chi connectivity index (χ3n) is 4.72. The second-order valence-electron chi connectivity index (χ2n) is 6.16. The van der Waals surface area contributed by atoms with Crippen LogP contribution in [0.2, 0.25) is 0 Å². The molecule has 1 aliphatic carbocycles. The van der Waals surface area contributed by atoms with Gasteiger partial charge in [0.1, 0.15) is 0 Å². The summed E-state index contributed by atoms with van der Waals surface area (Å²) in [5.74, 6) is 0.288. The molecule has 0 radical (unpaired) electrons. The average molecular weight is 254 g/mol. The number of unbranched alkanes of at least 4 members (excludes halogenated alkanes) is 1. The summed E-state index contributed by atoms with van der Waals surface area (Å²) in [5.41, 5.74) is 0.0751. The van der Waals surface area contributed by atoms with E-state index in [0.29, 0.717) is 12.7 Å². The highest BCUT2D eigenvalue weighted by Gasteiger charge is 2.54. The van der Waals surface area contributed by atoms with Crippen molar-refractivity contribution >= 4 is 5.91 Å². The lowest BCUT2D eigenvalue weighted by molar-refractivity contribution is -0.157. The summed E-state index contributed by atoms with van der Waals surface area (Å²) >= 11 is 0. The molecule has 4 nitrogen and oxygen atoms in total. The highest BCUT2D eigenvalue weighted by Crippen LogP contribution is 2.46. The maximum atomic E-state index is 12.4. The van der Waals surface area contributed by atoms with Crippen molar-refractivity contribution in [2.45, 2.75) is 64.6 Å². The van der Waals surface area contributed by atoms with Crippen LogP contribution in [0.4, 0.5) is 0 Å². The largest absolute Gasteiger partial charge is 0.381 e. The second kappa shape index (κ2) is 5.17. The van der Waals surface area contributed by atoms with Crippen LogP contribution in [-0.4, -0.2) is 42.8 Å². The first-order valence-corrected chi connectivity index (χ1v) is 7.09. The number of carbonyl (C=O) groups excluding carboxylic acids is 1. The second-order valence-corrected chi connectivity index (χ2v) is 6.16. The van der Waals surface area contributed by atoms with E-state index in [0.717, 1.165) is 25.7 Å². The maximum Gasteiger partial charge on any atom is 0.241 e. The number of amides is 1. The molecule has 0 spiro atoms. The Morgan fingerprint density at radius 2 is 2.22 bits per heavy atom. The first-order chi connectivity index (χ1) is 8.52. The van der Waals surface area contributed by atoms with E-state index in [1.54, 1.807) is 7.11 Å². The summed E-state index contributed by atoms with van der Waals surface area (Å²) in [6.45, 7) is 7.26. The van der Waals surface area contributed by atoms with Gasteiger partial charge in [0.15, 0.2) is 0 Å². The van der Waals surface area contributed by atoms with Crippen LogP contribution >= 0.6 is 0 Å². The van der Waals surface area contributed by atoms with E-state index in [4.69, 9.17) is 4.74 Å². The van der Waals surface area contributed by atoms with Crippen LogP contribution in [0.1, 0.15) is 46.5 Å². The van der Waals surface area contributed by atoms with Crippen molar-refractivity contribution in [1.82, 2.24) is 10.2 Å². The minimum Gasteiger partial charge on any atom is -0.381 e. The first-order valence-electron chi connectivity index (χ1n) is 7.09. The summed E-state index contributed by atoms with van der Waals surface area (Å²) < 4.78 is 5.46. The van der Waals surface area contributed by atoms with Crippen LogP contribution in [0.5, 0.6) is 0 Å². The Labute approximate surface area is 110 Å². The smallest absolute Gasteiger partial charge is 0.241 e. The van der Waals surface area contributed by atoms with Gasteiger partial charge >= 0.3 is 0 Å². The average Bonchev–Trinajstić information content (AvgIpc) is 2.68. The maximum absolute atomic E-state index is 12.4. The van der Waals surface area contributed by atoms with Crippen LogP contribution in [-0.2, 0) is 9.53 Å². The van der Waals surface area contributed by atoms with Gasteiger partial charge in [-0.1, -0.05) is 33.6 Å². The number of nitrogens with one attached hydrogen (secondary N) is 1. The van der Waals surface area contributed by atoms with Crippen LogP contribution < -0.4 is 5.32 Å². The van der Waals surface area contributed by atoms with Crippen molar-refractivity contribution in [3.63, 3.8) is 0 Å². The molecule has 1 saturated heterocycles. The monoisotopic (exact) mass is 254 g/mol. The number of methoxy groups -OCH3 is 1. The van der Waals surface area contributed by atoms with E-state index in [2.05, 4.69) is 26.1 Å². The van der Waals surface area contributed by atoms with E-state index in [1.165, 1.54) is 0 Å². The van der Waals surface area contributed by atoms with Gasteiger partial charge in [-0.15, -0.1) is 0 Å². The number of hydrogen-bond donors (Lipinski definition) is 1. The summed E-state index contributed by atoms with van der Waals surface area (Å²) in [6, 6.07) is 0.372. The molecule has 0 bridgehead atoms. The molecule has 3 atom stereocenters. The molecule has 4 heteroatoms. The molecule has 0 aromatic rings. The van der Waals surface area contributed by atoms with Gasteiger partial charge in [0.2, 0.25) is 5.91 Å². The Balaban J connectivity index is 1.94. The molecular weight excluding hydrogens is 228 g/mol. The Hall–Kier alpha value is -0.610. The van der Waals surface area contributed by atoms with Gasteiger partial charge in [0.05, 0.1) is 18.8 Å². The van der Waals surface area contributed by atoms with Gasteiger partial charge in [-0.2, -0.15) is 0 Å². The van der Waals surface area contributed by atoms with Crippen molar-refractivity contribution in [2.75, 3.05) is 13.8 Å². The quantitative estimate of drug-likeness (QED) is 0.812. The number of carbonyl (C=O) groups is 1. The number of nitrogens with zero attached hydrogens (tertiary/aromatic N) is 1. The zero-order valence-corrected chi connectivity index (χ0v) is 12.0. The van der Waals surface area contributed by atoms with Gasteiger partial charge < -0.3 is 9.64 Å². The fourth-order valence-corrected chi connectivity index (χ4v) is 3.26. The molecule has 1 amide bonds. The lowest BCUT2D eigenvalue weighted by atomic mass is 9.64. The summed E-state index contributed by atoms with van der Waals surface area (Å²) in [4.78, 5) is 14.4. The minimum absolute atomic E-state index is 0.0438. The molecule has 1 N–H and O–H groups in total. The van der Waals surface area contributed by atoms with E-state index in [1.807, 2.05) is 4.90 Å². The fourth-order valence-electron chi connectivity index (χ4n) is 3.26. The van der Waals surface area contributed by atoms with Crippen molar-refractivity contribution in [3.05, 3.63) is 0 Å². The Kier molecular flexibility index (Phi) is 3.97. The molecule has 2 rings (SSSR count). The van der Waals surface area contributed by atoms with Crippen LogP contribution in [0.15, 0.2) is 0 Å². The number of rotatable bonds is 5.